The SMILES string of the molecule is CC(C(=O)CCl)c1ccc(C2=CCCCC2)cc1. The van der Waals surface area contributed by atoms with Crippen LogP contribution in [0.2, 0.25) is 0 Å². The standard InChI is InChI=1S/C16H19ClO/c1-12(16(18)11-17)13-7-9-15(10-8-13)14-5-3-2-4-6-14/h5,7-10,12H,2-4,6,11H2,1H3. The van der Waals surface area contributed by atoms with Crippen LogP contribution >= 0.6 is 11.6 Å². The van der Waals surface area contributed by atoms with E-state index in [-0.39, 0.29) is 17.6 Å². The van der Waals surface area contributed by atoms with Crippen LogP contribution in [-0.2, 0) is 4.79 Å². The highest BCUT2D eigenvalue weighted by Gasteiger charge is 2.14. The number of benzene rings is 1. The van der Waals surface area contributed by atoms with Crippen molar-refractivity contribution in [1.29, 1.82) is 0 Å². The van der Waals surface area contributed by atoms with Crippen LogP contribution in [0.1, 0.15) is 49.7 Å². The average molecular weight is 263 g/mol. The van der Waals surface area contributed by atoms with Gasteiger partial charge in [0.1, 0.15) is 0 Å². The van der Waals surface area contributed by atoms with Crippen molar-refractivity contribution in [2.24, 2.45) is 0 Å². The van der Waals surface area contributed by atoms with Gasteiger partial charge >= 0.3 is 0 Å². The molecule has 1 atom stereocenters. The van der Waals surface area contributed by atoms with E-state index in [1.165, 1.54) is 36.8 Å². The van der Waals surface area contributed by atoms with Crippen LogP contribution in [0.3, 0.4) is 0 Å². The second-order valence-electron chi connectivity index (χ2n) is 4.92. The fraction of sp³-hybridized carbons (Fsp3) is 0.438. The van der Waals surface area contributed by atoms with Gasteiger partial charge in [-0.1, -0.05) is 37.3 Å². The minimum absolute atomic E-state index is 0.0845. The lowest BCUT2D eigenvalue weighted by molar-refractivity contribution is -0.117. The molecule has 0 amide bonds. The fourth-order valence-electron chi connectivity index (χ4n) is 2.39. The second-order valence-corrected chi connectivity index (χ2v) is 5.19. The van der Waals surface area contributed by atoms with Gasteiger partial charge < -0.3 is 0 Å². The molecule has 0 radical (unpaired) electrons. The first-order valence-corrected chi connectivity index (χ1v) is 7.14. The monoisotopic (exact) mass is 262 g/mol. The van der Waals surface area contributed by atoms with Crippen molar-refractivity contribution in [2.45, 2.75) is 38.5 Å². The molecule has 96 valence electrons. The summed E-state index contributed by atoms with van der Waals surface area (Å²) < 4.78 is 0. The largest absolute Gasteiger partial charge is 0.298 e. The number of allylic oxidation sites excluding steroid dienone is 2. The van der Waals surface area contributed by atoms with Crippen molar-refractivity contribution in [1.82, 2.24) is 0 Å². The highest BCUT2D eigenvalue weighted by atomic mass is 35.5. The molecule has 1 nitrogen and oxygen atoms in total. The van der Waals surface area contributed by atoms with Crippen LogP contribution in [0, 0.1) is 0 Å². The lowest BCUT2D eigenvalue weighted by Gasteiger charge is -2.14. The molecule has 0 N–H and O–H groups in total. The van der Waals surface area contributed by atoms with E-state index in [4.69, 9.17) is 11.6 Å². The predicted molar refractivity (Wildman–Crippen MR) is 77.0 cm³/mol. The van der Waals surface area contributed by atoms with Gasteiger partial charge in [-0.25, -0.2) is 0 Å². The number of ketones is 1. The fourth-order valence-corrected chi connectivity index (χ4v) is 2.62. The van der Waals surface area contributed by atoms with E-state index < -0.39 is 0 Å². The van der Waals surface area contributed by atoms with Crippen LogP contribution in [-0.4, -0.2) is 11.7 Å². The van der Waals surface area contributed by atoms with E-state index >= 15 is 0 Å². The van der Waals surface area contributed by atoms with Gasteiger partial charge in [0.2, 0.25) is 0 Å². The zero-order chi connectivity index (χ0) is 13.0. The average Bonchev–Trinajstić information content (AvgIpc) is 2.47. The molecular weight excluding hydrogens is 244 g/mol. The van der Waals surface area contributed by atoms with Crippen molar-refractivity contribution < 1.29 is 4.79 Å². The molecule has 0 fully saturated rings. The van der Waals surface area contributed by atoms with Crippen LogP contribution in [0.5, 0.6) is 0 Å². The van der Waals surface area contributed by atoms with Gasteiger partial charge in [0.05, 0.1) is 5.88 Å². The van der Waals surface area contributed by atoms with Gasteiger partial charge in [-0.2, -0.15) is 0 Å². The van der Waals surface area contributed by atoms with Crippen molar-refractivity contribution in [3.63, 3.8) is 0 Å². The maximum Gasteiger partial charge on any atom is 0.154 e. The summed E-state index contributed by atoms with van der Waals surface area (Å²) in [6, 6.07) is 8.37. The number of carbonyl (C=O) groups excluding carboxylic acids is 1. The first-order chi connectivity index (χ1) is 8.72. The third-order valence-corrected chi connectivity index (χ3v) is 3.95. The first kappa shape index (κ1) is 13.4. The summed E-state index contributed by atoms with van der Waals surface area (Å²) >= 11 is 5.59. The van der Waals surface area contributed by atoms with Gasteiger partial charge in [-0.05, 0) is 42.4 Å². The Morgan fingerprint density at radius 3 is 2.56 bits per heavy atom. The molecule has 1 aromatic rings. The number of hydrogen-bond acceptors (Lipinski definition) is 1. The van der Waals surface area contributed by atoms with E-state index in [2.05, 4.69) is 30.3 Å². The molecule has 1 aliphatic carbocycles. The Morgan fingerprint density at radius 2 is 2.00 bits per heavy atom. The lowest BCUT2D eigenvalue weighted by Crippen LogP contribution is -2.10. The molecule has 1 unspecified atom stereocenters. The summed E-state index contributed by atoms with van der Waals surface area (Å²) in [5.41, 5.74) is 3.80. The molecule has 0 bridgehead atoms. The zero-order valence-corrected chi connectivity index (χ0v) is 11.5. The number of hydrogen-bond donors (Lipinski definition) is 0. The van der Waals surface area contributed by atoms with Crippen LogP contribution in [0.25, 0.3) is 5.57 Å². The van der Waals surface area contributed by atoms with Gasteiger partial charge in [-0.15, -0.1) is 11.6 Å². The Kier molecular flexibility index (Phi) is 4.60. The summed E-state index contributed by atoms with van der Waals surface area (Å²) in [5, 5.41) is 0. The Hall–Kier alpha value is -1.08. The third kappa shape index (κ3) is 3.02. The smallest absolute Gasteiger partial charge is 0.154 e. The van der Waals surface area contributed by atoms with E-state index in [9.17, 15) is 4.79 Å². The molecule has 0 heterocycles. The molecule has 2 heteroatoms. The molecule has 2 rings (SSSR count). The molecular formula is C16H19ClO. The Labute approximate surface area is 114 Å². The minimum atomic E-state index is -0.100. The van der Waals surface area contributed by atoms with Crippen molar-refractivity contribution in [3.05, 3.63) is 41.5 Å². The van der Waals surface area contributed by atoms with Gasteiger partial charge in [0.15, 0.2) is 5.78 Å². The number of carbonyl (C=O) groups is 1. The highest BCUT2D eigenvalue weighted by molar-refractivity contribution is 6.28. The topological polar surface area (TPSA) is 17.1 Å². The summed E-state index contributed by atoms with van der Waals surface area (Å²) in [6.45, 7) is 1.92. The van der Waals surface area contributed by atoms with E-state index in [0.29, 0.717) is 0 Å². The van der Waals surface area contributed by atoms with Crippen molar-refractivity contribution in [2.75, 3.05) is 5.88 Å². The number of rotatable bonds is 4. The van der Waals surface area contributed by atoms with Crippen LogP contribution in [0.15, 0.2) is 30.3 Å². The molecule has 1 aliphatic rings. The van der Waals surface area contributed by atoms with Crippen molar-refractivity contribution >= 4 is 23.0 Å². The summed E-state index contributed by atoms with van der Waals surface area (Å²) in [4.78, 5) is 11.6. The Morgan fingerprint density at radius 1 is 1.28 bits per heavy atom. The minimum Gasteiger partial charge on any atom is -0.298 e. The lowest BCUT2D eigenvalue weighted by atomic mass is 9.91. The first-order valence-electron chi connectivity index (χ1n) is 6.60. The summed E-state index contributed by atoms with van der Waals surface area (Å²) in [5.74, 6) is 0.0758. The Balaban J connectivity index is 2.14. The maximum absolute atomic E-state index is 11.6. The molecule has 0 saturated carbocycles. The predicted octanol–water partition coefficient (Wildman–Crippen LogP) is 4.56. The van der Waals surface area contributed by atoms with E-state index in [1.54, 1.807) is 0 Å². The maximum atomic E-state index is 11.6. The van der Waals surface area contributed by atoms with Gasteiger partial charge in [0.25, 0.3) is 0 Å². The number of Topliss-reactive ketones (excluding diaryl/α,β-unsaturated/α-hetero) is 1. The molecule has 0 spiro atoms. The summed E-state index contributed by atoms with van der Waals surface area (Å²) in [7, 11) is 0. The number of halogens is 1. The molecule has 1 aromatic carbocycles. The zero-order valence-electron chi connectivity index (χ0n) is 10.8. The third-order valence-electron chi connectivity index (χ3n) is 3.69. The molecule has 0 saturated heterocycles. The normalized spacial score (nSPS) is 17.1. The van der Waals surface area contributed by atoms with Gasteiger partial charge in [-0.3, -0.25) is 4.79 Å². The van der Waals surface area contributed by atoms with Crippen LogP contribution in [0.4, 0.5) is 0 Å². The highest BCUT2D eigenvalue weighted by Crippen LogP contribution is 2.28. The quantitative estimate of drug-likeness (QED) is 0.727. The van der Waals surface area contributed by atoms with E-state index in [0.717, 1.165) is 5.56 Å². The van der Waals surface area contributed by atoms with Gasteiger partial charge in [0, 0.05) is 5.92 Å². The second kappa shape index (κ2) is 6.19. The number of alkyl halides is 1. The van der Waals surface area contributed by atoms with Crippen LogP contribution < -0.4 is 0 Å². The van der Waals surface area contributed by atoms with Crippen molar-refractivity contribution in [3.8, 4) is 0 Å². The Bertz CT molecular complexity index is 445. The molecule has 18 heavy (non-hydrogen) atoms. The molecule has 0 aliphatic heterocycles. The summed E-state index contributed by atoms with van der Waals surface area (Å²) in [6.07, 6.45) is 7.30. The molecule has 0 aromatic heterocycles. The van der Waals surface area contributed by atoms with E-state index in [1.807, 2.05) is 6.92 Å².